The molecule has 1 aromatic rings. The highest BCUT2D eigenvalue weighted by Crippen LogP contribution is 2.25. The Balaban J connectivity index is 2.93. The van der Waals surface area contributed by atoms with Gasteiger partial charge >= 0.3 is 0 Å². The molecule has 0 aliphatic carbocycles. The van der Waals surface area contributed by atoms with Gasteiger partial charge in [-0.3, -0.25) is 10.1 Å². The van der Waals surface area contributed by atoms with Crippen LogP contribution in [-0.2, 0) is 6.42 Å². The van der Waals surface area contributed by atoms with E-state index in [0.29, 0.717) is 12.2 Å². The second-order valence-corrected chi connectivity index (χ2v) is 3.77. The summed E-state index contributed by atoms with van der Waals surface area (Å²) in [6.45, 7) is 1.91. The summed E-state index contributed by atoms with van der Waals surface area (Å²) in [7, 11) is 1.55. The largest absolute Gasteiger partial charge is 0.496 e. The van der Waals surface area contributed by atoms with Crippen molar-refractivity contribution in [1.82, 2.24) is 0 Å². The molecule has 5 nitrogen and oxygen atoms in total. The summed E-state index contributed by atoms with van der Waals surface area (Å²) in [5.74, 6) is 0.672. The molecule has 0 amide bonds. The Morgan fingerprint density at radius 1 is 1.56 bits per heavy atom. The molecule has 1 aromatic carbocycles. The SMILES string of the molecule is COc1ccc([N+](=O)[O-])cc1CC[C@H](C)N. The van der Waals surface area contributed by atoms with E-state index < -0.39 is 4.92 Å². The lowest BCUT2D eigenvalue weighted by molar-refractivity contribution is -0.384. The maximum absolute atomic E-state index is 10.6. The van der Waals surface area contributed by atoms with Gasteiger partial charge < -0.3 is 10.5 Å². The topological polar surface area (TPSA) is 78.4 Å². The minimum Gasteiger partial charge on any atom is -0.496 e. The van der Waals surface area contributed by atoms with Crippen LogP contribution in [0.2, 0.25) is 0 Å². The highest BCUT2D eigenvalue weighted by molar-refractivity contribution is 5.43. The number of nitro benzene ring substituents is 1. The number of benzene rings is 1. The number of nitro groups is 1. The zero-order valence-corrected chi connectivity index (χ0v) is 9.47. The highest BCUT2D eigenvalue weighted by Gasteiger charge is 2.11. The van der Waals surface area contributed by atoms with Crippen LogP contribution in [0.5, 0.6) is 5.75 Å². The van der Waals surface area contributed by atoms with E-state index >= 15 is 0 Å². The fraction of sp³-hybridized carbons (Fsp3) is 0.455. The first-order chi connectivity index (χ1) is 7.54. The Hall–Kier alpha value is -1.62. The smallest absolute Gasteiger partial charge is 0.269 e. The monoisotopic (exact) mass is 224 g/mol. The Labute approximate surface area is 94.4 Å². The number of hydrogen-bond acceptors (Lipinski definition) is 4. The van der Waals surface area contributed by atoms with Gasteiger partial charge in [0.2, 0.25) is 0 Å². The summed E-state index contributed by atoms with van der Waals surface area (Å²) in [6.07, 6.45) is 1.46. The number of nitrogens with two attached hydrogens (primary N) is 1. The van der Waals surface area contributed by atoms with Crippen LogP contribution >= 0.6 is 0 Å². The predicted octanol–water partition coefficient (Wildman–Crippen LogP) is 1.88. The quantitative estimate of drug-likeness (QED) is 0.611. The number of aryl methyl sites for hydroxylation is 1. The van der Waals surface area contributed by atoms with Crippen molar-refractivity contribution in [1.29, 1.82) is 0 Å². The Morgan fingerprint density at radius 3 is 2.75 bits per heavy atom. The zero-order valence-electron chi connectivity index (χ0n) is 9.47. The third kappa shape index (κ3) is 3.20. The van der Waals surface area contributed by atoms with Crippen molar-refractivity contribution < 1.29 is 9.66 Å². The van der Waals surface area contributed by atoms with E-state index in [1.807, 2.05) is 6.92 Å². The number of hydrogen-bond donors (Lipinski definition) is 1. The summed E-state index contributed by atoms with van der Waals surface area (Å²) in [5, 5.41) is 10.6. The van der Waals surface area contributed by atoms with Gasteiger partial charge in [0.1, 0.15) is 5.75 Å². The number of nitrogens with zero attached hydrogens (tertiary/aromatic N) is 1. The second kappa shape index (κ2) is 5.46. The first kappa shape index (κ1) is 12.4. The lowest BCUT2D eigenvalue weighted by Gasteiger charge is -2.09. The molecule has 2 N–H and O–H groups in total. The van der Waals surface area contributed by atoms with Crippen LogP contribution in [0.3, 0.4) is 0 Å². The molecule has 88 valence electrons. The highest BCUT2D eigenvalue weighted by atomic mass is 16.6. The van der Waals surface area contributed by atoms with Gasteiger partial charge in [0.15, 0.2) is 0 Å². The molecule has 5 heteroatoms. The van der Waals surface area contributed by atoms with E-state index in [1.54, 1.807) is 19.2 Å². The lowest BCUT2D eigenvalue weighted by atomic mass is 10.0. The van der Waals surface area contributed by atoms with Crippen LogP contribution in [-0.4, -0.2) is 18.1 Å². The number of ether oxygens (including phenoxy) is 1. The molecule has 1 atom stereocenters. The summed E-state index contributed by atoms with van der Waals surface area (Å²) in [6, 6.07) is 4.67. The van der Waals surface area contributed by atoms with Gasteiger partial charge in [0.05, 0.1) is 12.0 Å². The van der Waals surface area contributed by atoms with Crippen LogP contribution in [0.15, 0.2) is 18.2 Å². The van der Waals surface area contributed by atoms with Gasteiger partial charge in [0.25, 0.3) is 5.69 Å². The molecule has 0 aromatic heterocycles. The first-order valence-corrected chi connectivity index (χ1v) is 5.11. The molecule has 0 bridgehead atoms. The first-order valence-electron chi connectivity index (χ1n) is 5.11. The van der Waals surface area contributed by atoms with Crippen molar-refractivity contribution in [2.24, 2.45) is 5.73 Å². The molecule has 0 saturated heterocycles. The van der Waals surface area contributed by atoms with Gasteiger partial charge in [-0.15, -0.1) is 0 Å². The molecular weight excluding hydrogens is 208 g/mol. The molecule has 0 spiro atoms. The summed E-state index contributed by atoms with van der Waals surface area (Å²) in [4.78, 5) is 10.2. The average Bonchev–Trinajstić information content (AvgIpc) is 2.25. The molecule has 16 heavy (non-hydrogen) atoms. The maximum atomic E-state index is 10.6. The fourth-order valence-corrected chi connectivity index (χ4v) is 1.46. The van der Waals surface area contributed by atoms with Crippen molar-refractivity contribution >= 4 is 5.69 Å². The van der Waals surface area contributed by atoms with Gasteiger partial charge in [-0.25, -0.2) is 0 Å². The third-order valence-corrected chi connectivity index (χ3v) is 2.34. The second-order valence-electron chi connectivity index (χ2n) is 3.77. The molecule has 0 aliphatic rings. The summed E-state index contributed by atoms with van der Waals surface area (Å²) >= 11 is 0. The van der Waals surface area contributed by atoms with Gasteiger partial charge in [-0.05, 0) is 25.8 Å². The number of non-ortho nitro benzene ring substituents is 1. The summed E-state index contributed by atoms with van der Waals surface area (Å²) < 4.78 is 5.15. The molecule has 0 fully saturated rings. The standard InChI is InChI=1S/C11H16N2O3/c1-8(12)3-4-9-7-10(13(14)15)5-6-11(9)16-2/h5-8H,3-4,12H2,1-2H3/t8-/m0/s1. The number of methoxy groups -OCH3 is 1. The molecule has 0 unspecified atom stereocenters. The van der Waals surface area contributed by atoms with Crippen molar-refractivity contribution in [3.63, 3.8) is 0 Å². The maximum Gasteiger partial charge on any atom is 0.269 e. The molecule has 0 aliphatic heterocycles. The van der Waals surface area contributed by atoms with Crippen LogP contribution in [0.25, 0.3) is 0 Å². The van der Waals surface area contributed by atoms with Crippen LogP contribution < -0.4 is 10.5 Å². The van der Waals surface area contributed by atoms with E-state index in [4.69, 9.17) is 10.5 Å². The normalized spacial score (nSPS) is 12.2. The molecule has 0 saturated carbocycles. The van der Waals surface area contributed by atoms with Crippen molar-refractivity contribution in [2.75, 3.05) is 7.11 Å². The molecule has 0 radical (unpaired) electrons. The minimum absolute atomic E-state index is 0.0731. The fourth-order valence-electron chi connectivity index (χ4n) is 1.46. The van der Waals surface area contributed by atoms with Crippen molar-refractivity contribution in [3.8, 4) is 5.75 Å². The van der Waals surface area contributed by atoms with Crippen LogP contribution in [0, 0.1) is 10.1 Å². The van der Waals surface area contributed by atoms with Gasteiger partial charge in [0, 0.05) is 23.7 Å². The van der Waals surface area contributed by atoms with E-state index in [2.05, 4.69) is 0 Å². The van der Waals surface area contributed by atoms with Crippen LogP contribution in [0.1, 0.15) is 18.9 Å². The van der Waals surface area contributed by atoms with E-state index in [1.165, 1.54) is 6.07 Å². The lowest BCUT2D eigenvalue weighted by Crippen LogP contribution is -2.15. The Morgan fingerprint density at radius 2 is 2.25 bits per heavy atom. The van der Waals surface area contributed by atoms with Gasteiger partial charge in [-0.2, -0.15) is 0 Å². The molecule has 0 heterocycles. The molecule has 1 rings (SSSR count). The number of rotatable bonds is 5. The van der Waals surface area contributed by atoms with E-state index in [0.717, 1.165) is 12.0 Å². The Bertz CT molecular complexity index is 377. The Kier molecular flexibility index (Phi) is 4.25. The van der Waals surface area contributed by atoms with E-state index in [-0.39, 0.29) is 11.7 Å². The predicted molar refractivity (Wildman–Crippen MR) is 61.6 cm³/mol. The average molecular weight is 224 g/mol. The van der Waals surface area contributed by atoms with Crippen molar-refractivity contribution in [2.45, 2.75) is 25.8 Å². The molecular formula is C11H16N2O3. The summed E-state index contributed by atoms with van der Waals surface area (Å²) in [5.41, 5.74) is 6.57. The van der Waals surface area contributed by atoms with E-state index in [9.17, 15) is 10.1 Å². The van der Waals surface area contributed by atoms with Gasteiger partial charge in [-0.1, -0.05) is 0 Å². The van der Waals surface area contributed by atoms with Crippen molar-refractivity contribution in [3.05, 3.63) is 33.9 Å². The zero-order chi connectivity index (χ0) is 12.1. The van der Waals surface area contributed by atoms with Crippen LogP contribution in [0.4, 0.5) is 5.69 Å². The minimum atomic E-state index is -0.408. The third-order valence-electron chi connectivity index (χ3n) is 2.34.